The summed E-state index contributed by atoms with van der Waals surface area (Å²) in [6, 6.07) is -0.655. The molecular weight excluding hydrogens is 278 g/mol. The van der Waals surface area contributed by atoms with E-state index in [2.05, 4.69) is 31.3 Å². The maximum absolute atomic E-state index is 11.4. The number of carbonyl (C=O) groups excluding carboxylic acids is 1. The van der Waals surface area contributed by atoms with Crippen molar-refractivity contribution in [3.8, 4) is 0 Å². The minimum absolute atomic E-state index is 0.185. The lowest BCUT2D eigenvalue weighted by molar-refractivity contribution is -0.0449. The number of nitrogens with one attached hydrogen (secondary N) is 1. The Morgan fingerprint density at radius 3 is 2.73 bits per heavy atom. The summed E-state index contributed by atoms with van der Waals surface area (Å²) in [6.07, 6.45) is 5.60. The van der Waals surface area contributed by atoms with Crippen LogP contribution in [0.25, 0.3) is 0 Å². The first-order chi connectivity index (χ1) is 10.2. The van der Waals surface area contributed by atoms with Gasteiger partial charge in [0.25, 0.3) is 0 Å². The topological polar surface area (TPSA) is 87.7 Å². The van der Waals surface area contributed by atoms with Crippen LogP contribution < -0.4 is 11.2 Å². The Balaban J connectivity index is 2.06. The number of allylic oxidation sites excluding steroid dienone is 1. The molecule has 3 rings (SSSR count). The van der Waals surface area contributed by atoms with Gasteiger partial charge in [-0.25, -0.2) is 10.2 Å². The van der Waals surface area contributed by atoms with E-state index in [0.29, 0.717) is 11.8 Å². The van der Waals surface area contributed by atoms with Gasteiger partial charge in [-0.1, -0.05) is 26.3 Å². The van der Waals surface area contributed by atoms with Crippen LogP contribution in [0.4, 0.5) is 4.79 Å². The number of hydrazone groups is 1. The molecule has 1 fully saturated rings. The van der Waals surface area contributed by atoms with Gasteiger partial charge in [-0.15, -0.1) is 0 Å². The highest BCUT2D eigenvalue weighted by atomic mass is 16.3. The number of rotatable bonds is 1. The highest BCUT2D eigenvalue weighted by Crippen LogP contribution is 2.57. The van der Waals surface area contributed by atoms with Gasteiger partial charge in [0, 0.05) is 5.57 Å². The minimum Gasteiger partial charge on any atom is -0.385 e. The summed E-state index contributed by atoms with van der Waals surface area (Å²) in [5.74, 6) is 0.984. The van der Waals surface area contributed by atoms with Gasteiger partial charge in [-0.05, 0) is 55.8 Å². The molecule has 0 aromatic heterocycles. The Kier molecular flexibility index (Phi) is 3.59. The quantitative estimate of drug-likeness (QED) is 0.650. The van der Waals surface area contributed by atoms with Gasteiger partial charge in [0.1, 0.15) is 0 Å². The Bertz CT molecular complexity index is 568. The van der Waals surface area contributed by atoms with Crippen molar-refractivity contribution in [1.82, 2.24) is 5.43 Å². The number of hydrogen-bond acceptors (Lipinski definition) is 3. The maximum Gasteiger partial charge on any atom is 0.332 e. The van der Waals surface area contributed by atoms with E-state index >= 15 is 0 Å². The molecule has 5 heteroatoms. The van der Waals surface area contributed by atoms with Crippen molar-refractivity contribution in [3.05, 3.63) is 11.1 Å². The zero-order valence-electron chi connectivity index (χ0n) is 13.8. The van der Waals surface area contributed by atoms with E-state index < -0.39 is 11.6 Å². The number of carbonyl (C=O) groups is 1. The molecule has 0 aliphatic heterocycles. The summed E-state index contributed by atoms with van der Waals surface area (Å²) in [7, 11) is 0. The summed E-state index contributed by atoms with van der Waals surface area (Å²) < 4.78 is 0. The van der Waals surface area contributed by atoms with Crippen molar-refractivity contribution in [1.29, 1.82) is 0 Å². The van der Waals surface area contributed by atoms with Gasteiger partial charge in [-0.3, -0.25) is 0 Å². The van der Waals surface area contributed by atoms with Crippen molar-refractivity contribution in [2.45, 2.75) is 64.9 Å². The monoisotopic (exact) mass is 305 g/mol. The van der Waals surface area contributed by atoms with Crippen LogP contribution in [0.3, 0.4) is 0 Å². The molecule has 0 aromatic carbocycles. The lowest BCUT2D eigenvalue weighted by Crippen LogP contribution is -2.51. The smallest absolute Gasteiger partial charge is 0.332 e. The number of aliphatic hydroxyl groups is 1. The fraction of sp³-hybridized carbons (Fsp3) is 0.765. The molecule has 22 heavy (non-hydrogen) atoms. The number of nitrogens with zero attached hydrogens (tertiary/aromatic N) is 1. The van der Waals surface area contributed by atoms with Crippen LogP contribution in [0.1, 0.15) is 59.3 Å². The molecule has 0 aromatic rings. The molecule has 1 saturated carbocycles. The van der Waals surface area contributed by atoms with Crippen LogP contribution in [0.2, 0.25) is 0 Å². The first kappa shape index (κ1) is 15.5. The first-order valence-corrected chi connectivity index (χ1v) is 8.28. The highest BCUT2D eigenvalue weighted by Gasteiger charge is 2.52. The van der Waals surface area contributed by atoms with Gasteiger partial charge in [0.15, 0.2) is 0 Å². The fourth-order valence-corrected chi connectivity index (χ4v) is 5.39. The van der Waals surface area contributed by atoms with Crippen molar-refractivity contribution in [2.24, 2.45) is 28.1 Å². The van der Waals surface area contributed by atoms with E-state index in [-0.39, 0.29) is 5.41 Å². The van der Waals surface area contributed by atoms with Gasteiger partial charge in [-0.2, -0.15) is 5.10 Å². The molecule has 0 spiro atoms. The van der Waals surface area contributed by atoms with Gasteiger partial charge in [0.05, 0.1) is 11.3 Å². The molecule has 122 valence electrons. The SMILES string of the molecule is C[C@@H]1CC(=NNC(N)=O)C2=C(C1)C[C@@]1(C)C[C@H](C)C[C@@]2(O)C1. The Labute approximate surface area is 132 Å². The van der Waals surface area contributed by atoms with Gasteiger partial charge >= 0.3 is 6.03 Å². The van der Waals surface area contributed by atoms with Crippen molar-refractivity contribution < 1.29 is 9.90 Å². The molecule has 0 saturated heterocycles. The molecule has 3 aliphatic rings. The second-order valence-corrected chi connectivity index (χ2v) is 8.24. The van der Waals surface area contributed by atoms with Crippen LogP contribution in [0, 0.1) is 17.3 Å². The molecule has 4 atom stereocenters. The summed E-state index contributed by atoms with van der Waals surface area (Å²) >= 11 is 0. The summed E-state index contributed by atoms with van der Waals surface area (Å²) in [5, 5.41) is 15.6. The van der Waals surface area contributed by atoms with E-state index in [0.717, 1.165) is 43.4 Å². The van der Waals surface area contributed by atoms with E-state index in [1.54, 1.807) is 0 Å². The Hall–Kier alpha value is -1.36. The fourth-order valence-electron chi connectivity index (χ4n) is 5.39. The predicted molar refractivity (Wildman–Crippen MR) is 86.3 cm³/mol. The zero-order valence-corrected chi connectivity index (χ0v) is 13.8. The molecule has 3 aliphatic carbocycles. The highest BCUT2D eigenvalue weighted by molar-refractivity contribution is 6.04. The van der Waals surface area contributed by atoms with E-state index in [4.69, 9.17) is 5.73 Å². The molecule has 2 bridgehead atoms. The van der Waals surface area contributed by atoms with Crippen molar-refractivity contribution in [3.63, 3.8) is 0 Å². The number of urea groups is 1. The van der Waals surface area contributed by atoms with Crippen LogP contribution in [0.15, 0.2) is 16.2 Å². The first-order valence-electron chi connectivity index (χ1n) is 8.28. The zero-order chi connectivity index (χ0) is 16.1. The molecule has 0 unspecified atom stereocenters. The standard InChI is InChI=1S/C17H27N3O2/c1-10-4-12-8-16(3)6-11(2)7-17(22,9-16)14(12)13(5-10)19-20-15(18)21/h10-11,22H,4-9H2,1-3H3,(H3,18,20,21)/t10-,11-,16+,17+/m0/s1. The molecule has 0 heterocycles. The van der Waals surface area contributed by atoms with Gasteiger partial charge < -0.3 is 10.8 Å². The molecule has 0 radical (unpaired) electrons. The molecule has 2 amide bonds. The number of nitrogens with two attached hydrogens (primary N) is 1. The average Bonchev–Trinajstić information content (AvgIpc) is 2.31. The average molecular weight is 305 g/mol. The summed E-state index contributed by atoms with van der Waals surface area (Å²) in [6.45, 7) is 6.72. The molecular formula is C17H27N3O2. The molecule has 5 nitrogen and oxygen atoms in total. The number of primary amides is 1. The number of hydrogen-bond donors (Lipinski definition) is 3. The van der Waals surface area contributed by atoms with Crippen LogP contribution in [0.5, 0.6) is 0 Å². The van der Waals surface area contributed by atoms with E-state index in [9.17, 15) is 9.90 Å². The van der Waals surface area contributed by atoms with E-state index in [1.165, 1.54) is 12.0 Å². The lowest BCUT2D eigenvalue weighted by atomic mass is 9.54. The summed E-state index contributed by atoms with van der Waals surface area (Å²) in [5.41, 5.74) is 10.1. The Morgan fingerprint density at radius 2 is 2.05 bits per heavy atom. The van der Waals surface area contributed by atoms with Crippen LogP contribution >= 0.6 is 0 Å². The maximum atomic E-state index is 11.4. The molecule has 4 N–H and O–H groups in total. The lowest BCUT2D eigenvalue weighted by Gasteiger charge is -2.54. The normalized spacial score (nSPS) is 43.0. The third kappa shape index (κ3) is 2.67. The van der Waals surface area contributed by atoms with Gasteiger partial charge in [0.2, 0.25) is 0 Å². The van der Waals surface area contributed by atoms with Crippen LogP contribution in [-0.2, 0) is 0 Å². The summed E-state index contributed by atoms with van der Waals surface area (Å²) in [4.78, 5) is 11.0. The largest absolute Gasteiger partial charge is 0.385 e. The second kappa shape index (κ2) is 5.08. The third-order valence-corrected chi connectivity index (χ3v) is 5.43. The van der Waals surface area contributed by atoms with E-state index in [1.807, 2.05) is 0 Å². The Morgan fingerprint density at radius 1 is 1.32 bits per heavy atom. The third-order valence-electron chi connectivity index (χ3n) is 5.43. The van der Waals surface area contributed by atoms with Crippen molar-refractivity contribution >= 4 is 11.7 Å². The minimum atomic E-state index is -0.793. The van der Waals surface area contributed by atoms with Crippen molar-refractivity contribution in [2.75, 3.05) is 0 Å². The number of amides is 2. The second-order valence-electron chi connectivity index (χ2n) is 8.24. The predicted octanol–water partition coefficient (Wildman–Crippen LogP) is 2.70. The number of fused-ring (bicyclic) bond motifs is 3. The van der Waals surface area contributed by atoms with Crippen LogP contribution in [-0.4, -0.2) is 22.5 Å².